The second-order valence-corrected chi connectivity index (χ2v) is 4.98. The minimum absolute atomic E-state index is 0.644. The van der Waals surface area contributed by atoms with E-state index >= 15 is 0 Å². The summed E-state index contributed by atoms with van der Waals surface area (Å²) in [6.45, 7) is 3.96. The van der Waals surface area contributed by atoms with Gasteiger partial charge in [0.15, 0.2) is 0 Å². The van der Waals surface area contributed by atoms with Crippen LogP contribution in [0.2, 0.25) is 0 Å². The van der Waals surface area contributed by atoms with Gasteiger partial charge in [-0.05, 0) is 0 Å². The first-order valence-electron chi connectivity index (χ1n) is 3.25. The summed E-state index contributed by atoms with van der Waals surface area (Å²) in [5, 5.41) is 0.644. The maximum atomic E-state index is 5.74. The lowest BCUT2D eigenvalue weighted by atomic mass is 10.4. The number of rotatable bonds is 1. The molecule has 1 rings (SSSR count). The van der Waals surface area contributed by atoms with Crippen LogP contribution in [0, 0.1) is 0 Å². The maximum Gasteiger partial charge on any atom is 0.0350 e. The van der Waals surface area contributed by atoms with Gasteiger partial charge in [-0.15, -0.1) is 11.6 Å². The summed E-state index contributed by atoms with van der Waals surface area (Å²) in [6, 6.07) is 0. The van der Waals surface area contributed by atoms with Gasteiger partial charge in [-0.25, -0.2) is 0 Å². The lowest BCUT2D eigenvalue weighted by Gasteiger charge is -2.06. The van der Waals surface area contributed by atoms with Crippen LogP contribution in [0.25, 0.3) is 0 Å². The van der Waals surface area contributed by atoms with Crippen molar-refractivity contribution in [2.75, 3.05) is 23.1 Å². The summed E-state index contributed by atoms with van der Waals surface area (Å²) >= 11 is 9.63. The molecule has 0 saturated carbocycles. The Hall–Kier alpha value is 0.730. The highest BCUT2D eigenvalue weighted by Crippen LogP contribution is 2.25. The molecule has 1 unspecified atom stereocenters. The molecule has 1 aliphatic rings. The summed E-state index contributed by atoms with van der Waals surface area (Å²) in [4.78, 5) is 0. The minimum Gasteiger partial charge on any atom is -0.156 e. The average Bonchev–Trinajstić information content (AvgIpc) is 2.14. The molecule has 1 fully saturated rings. The predicted octanol–water partition coefficient (Wildman–Crippen LogP) is 2.63. The Labute approximate surface area is 75.8 Å². The number of hydrogen-bond donors (Lipinski definition) is 0. The largest absolute Gasteiger partial charge is 0.156 e. The Morgan fingerprint density at radius 1 is 1.60 bits per heavy atom. The fourth-order valence-corrected chi connectivity index (χ4v) is 3.61. The van der Waals surface area contributed by atoms with Crippen LogP contribution in [0.15, 0.2) is 12.2 Å². The van der Waals surface area contributed by atoms with Gasteiger partial charge in [0.05, 0.1) is 0 Å². The van der Waals surface area contributed by atoms with Crippen LogP contribution in [-0.2, 0) is 0 Å². The van der Waals surface area contributed by atoms with Crippen LogP contribution in [0.3, 0.4) is 0 Å². The van der Waals surface area contributed by atoms with Gasteiger partial charge in [-0.3, -0.25) is 0 Å². The van der Waals surface area contributed by atoms with Crippen molar-refractivity contribution < 1.29 is 0 Å². The molecule has 0 spiro atoms. The van der Waals surface area contributed by atoms with Crippen molar-refractivity contribution in [3.63, 3.8) is 0 Å². The Morgan fingerprint density at radius 2 is 2.40 bits per heavy atom. The zero-order chi connectivity index (χ0) is 7.40. The van der Waals surface area contributed by atoms with Crippen LogP contribution >= 0.6 is 35.1 Å². The van der Waals surface area contributed by atoms with Crippen LogP contribution < -0.4 is 0 Å². The maximum absolute atomic E-state index is 5.74. The highest BCUT2D eigenvalue weighted by Gasteiger charge is 2.12. The van der Waals surface area contributed by atoms with E-state index in [0.717, 1.165) is 17.4 Å². The molecular formula is C7H11ClS2. The van der Waals surface area contributed by atoms with Gasteiger partial charge in [0.1, 0.15) is 0 Å². The van der Waals surface area contributed by atoms with Gasteiger partial charge in [-0.2, -0.15) is 23.5 Å². The van der Waals surface area contributed by atoms with E-state index in [0.29, 0.717) is 5.25 Å². The molecule has 0 aromatic carbocycles. The zero-order valence-corrected chi connectivity index (χ0v) is 8.20. The fraction of sp³-hybridized carbons (Fsp3) is 0.714. The first-order valence-corrected chi connectivity index (χ1v) is 5.98. The van der Waals surface area contributed by atoms with Gasteiger partial charge in [0.2, 0.25) is 0 Å². The molecule has 0 N–H and O–H groups in total. The molecule has 0 radical (unpaired) electrons. The highest BCUT2D eigenvalue weighted by molar-refractivity contribution is 8.04. The molecule has 0 aromatic rings. The molecule has 0 amide bonds. The van der Waals surface area contributed by atoms with Crippen molar-refractivity contribution >= 4 is 35.1 Å². The summed E-state index contributed by atoms with van der Waals surface area (Å²) in [5.41, 5.74) is 1.35. The second-order valence-electron chi connectivity index (χ2n) is 2.35. The van der Waals surface area contributed by atoms with E-state index in [1.807, 2.05) is 23.5 Å². The van der Waals surface area contributed by atoms with E-state index in [9.17, 15) is 0 Å². The molecule has 0 aliphatic carbocycles. The smallest absolute Gasteiger partial charge is 0.0350 e. The quantitative estimate of drug-likeness (QED) is 0.465. The first kappa shape index (κ1) is 8.82. The molecule has 58 valence electrons. The minimum atomic E-state index is 0.644. The van der Waals surface area contributed by atoms with Crippen LogP contribution in [-0.4, -0.2) is 28.4 Å². The number of halogens is 1. The van der Waals surface area contributed by atoms with E-state index in [-0.39, 0.29) is 0 Å². The van der Waals surface area contributed by atoms with Crippen molar-refractivity contribution in [2.24, 2.45) is 0 Å². The van der Waals surface area contributed by atoms with Crippen molar-refractivity contribution in [3.8, 4) is 0 Å². The van der Waals surface area contributed by atoms with Gasteiger partial charge < -0.3 is 0 Å². The number of thioether (sulfide) groups is 2. The zero-order valence-electron chi connectivity index (χ0n) is 5.81. The Kier molecular flexibility index (Phi) is 4.04. The monoisotopic (exact) mass is 194 g/mol. The molecule has 10 heavy (non-hydrogen) atoms. The topological polar surface area (TPSA) is 0 Å². The molecule has 0 nitrogen and oxygen atoms in total. The lowest BCUT2D eigenvalue weighted by Crippen LogP contribution is -2.06. The SMILES string of the molecule is C=C1CSCC(CCl)SC1. The summed E-state index contributed by atoms with van der Waals surface area (Å²) < 4.78 is 0. The van der Waals surface area contributed by atoms with Gasteiger partial charge in [0.25, 0.3) is 0 Å². The number of hydrogen-bond acceptors (Lipinski definition) is 2. The summed E-state index contributed by atoms with van der Waals surface area (Å²) in [6.07, 6.45) is 0. The average molecular weight is 195 g/mol. The van der Waals surface area contributed by atoms with Gasteiger partial charge >= 0.3 is 0 Å². The lowest BCUT2D eigenvalue weighted by molar-refractivity contribution is 1.15. The molecular weight excluding hydrogens is 184 g/mol. The van der Waals surface area contributed by atoms with E-state index in [1.54, 1.807) is 0 Å². The normalized spacial score (nSPS) is 28.1. The van der Waals surface area contributed by atoms with E-state index in [4.69, 9.17) is 11.6 Å². The molecule has 1 aliphatic heterocycles. The summed E-state index contributed by atoms with van der Waals surface area (Å²) in [5.74, 6) is 4.20. The second kappa shape index (κ2) is 4.58. The van der Waals surface area contributed by atoms with Crippen LogP contribution in [0.5, 0.6) is 0 Å². The van der Waals surface area contributed by atoms with Crippen LogP contribution in [0.4, 0.5) is 0 Å². The Morgan fingerprint density at radius 3 is 3.10 bits per heavy atom. The van der Waals surface area contributed by atoms with E-state index in [1.165, 1.54) is 11.3 Å². The standard InChI is InChI=1S/C7H11ClS2/c1-6-3-9-5-7(2-8)10-4-6/h7H,1-5H2. The van der Waals surface area contributed by atoms with Crippen molar-refractivity contribution in [2.45, 2.75) is 5.25 Å². The highest BCUT2D eigenvalue weighted by atomic mass is 35.5. The van der Waals surface area contributed by atoms with Gasteiger partial charge in [0, 0.05) is 28.4 Å². The first-order chi connectivity index (χ1) is 4.83. The Bertz CT molecular complexity index is 125. The third kappa shape index (κ3) is 2.77. The van der Waals surface area contributed by atoms with Gasteiger partial charge in [-0.1, -0.05) is 12.2 Å². The molecule has 1 atom stereocenters. The van der Waals surface area contributed by atoms with Crippen molar-refractivity contribution in [1.29, 1.82) is 0 Å². The Balaban J connectivity index is 2.33. The fourth-order valence-electron chi connectivity index (χ4n) is 0.749. The van der Waals surface area contributed by atoms with E-state index in [2.05, 4.69) is 6.58 Å². The summed E-state index contributed by atoms with van der Waals surface area (Å²) in [7, 11) is 0. The van der Waals surface area contributed by atoms with Crippen LogP contribution in [0.1, 0.15) is 0 Å². The molecule has 0 bridgehead atoms. The van der Waals surface area contributed by atoms with Crippen molar-refractivity contribution in [3.05, 3.63) is 12.2 Å². The number of alkyl halides is 1. The third-order valence-electron chi connectivity index (χ3n) is 1.31. The third-order valence-corrected chi connectivity index (χ3v) is 4.70. The predicted molar refractivity (Wildman–Crippen MR) is 53.4 cm³/mol. The molecule has 0 aromatic heterocycles. The van der Waals surface area contributed by atoms with Crippen molar-refractivity contribution in [1.82, 2.24) is 0 Å². The molecule has 3 heteroatoms. The van der Waals surface area contributed by atoms with E-state index < -0.39 is 0 Å². The molecule has 1 saturated heterocycles. The molecule has 1 heterocycles.